The molecule has 0 spiro atoms. The van der Waals surface area contributed by atoms with Crippen molar-refractivity contribution in [2.75, 3.05) is 10.8 Å². The smallest absolute Gasteiger partial charge is 0.338 e. The molecule has 0 saturated heterocycles. The zero-order valence-corrected chi connectivity index (χ0v) is 19.7. The minimum atomic E-state index is -3.89. The summed E-state index contributed by atoms with van der Waals surface area (Å²) < 4.78 is 32.9. The molecule has 0 aliphatic carbocycles. The first-order valence-corrected chi connectivity index (χ1v) is 11.9. The van der Waals surface area contributed by atoms with E-state index in [1.807, 2.05) is 12.1 Å². The molecule has 1 unspecified atom stereocenters. The fourth-order valence-corrected chi connectivity index (χ4v) is 4.89. The van der Waals surface area contributed by atoms with Crippen LogP contribution in [-0.4, -0.2) is 44.5 Å². The number of sulfonamides is 1. The van der Waals surface area contributed by atoms with Crippen LogP contribution >= 0.6 is 0 Å². The van der Waals surface area contributed by atoms with Gasteiger partial charge in [-0.25, -0.2) is 18.0 Å². The Labute approximate surface area is 193 Å². The SMILES string of the molecule is CC(OC(=O)c1cccc(S(=O)(=O)N2CCc3ccccc32)c1)C(=O)NC(=O)NC(C)(C)C. The molecule has 0 radical (unpaired) electrons. The Hall–Kier alpha value is -3.40. The fourth-order valence-electron chi connectivity index (χ4n) is 3.34. The highest BCUT2D eigenvalue weighted by atomic mass is 32.2. The third-order valence-electron chi connectivity index (χ3n) is 4.88. The van der Waals surface area contributed by atoms with E-state index in [-0.39, 0.29) is 10.5 Å². The molecular formula is C23H27N3O6S. The van der Waals surface area contributed by atoms with Gasteiger partial charge in [0.2, 0.25) is 0 Å². The number of hydrogen-bond donors (Lipinski definition) is 2. The molecule has 1 aliphatic heterocycles. The van der Waals surface area contributed by atoms with Crippen molar-refractivity contribution in [2.45, 2.75) is 50.7 Å². The Balaban J connectivity index is 1.71. The molecule has 2 aromatic rings. The van der Waals surface area contributed by atoms with Crippen molar-refractivity contribution < 1.29 is 27.5 Å². The summed E-state index contributed by atoms with van der Waals surface area (Å²) in [6.07, 6.45) is -0.666. The largest absolute Gasteiger partial charge is 0.449 e. The summed E-state index contributed by atoms with van der Waals surface area (Å²) in [5.41, 5.74) is 0.977. The van der Waals surface area contributed by atoms with E-state index in [4.69, 9.17) is 4.74 Å². The molecule has 0 aromatic heterocycles. The standard InChI is InChI=1S/C23H27N3O6S/c1-15(20(27)24-22(29)25-23(2,3)4)32-21(28)17-9-7-10-18(14-17)33(30,31)26-13-12-16-8-5-6-11-19(16)26/h5-11,14-15H,12-13H2,1-4H3,(H2,24,25,27,29). The molecule has 0 bridgehead atoms. The second kappa shape index (κ2) is 9.22. The van der Waals surface area contributed by atoms with E-state index in [9.17, 15) is 22.8 Å². The maximum Gasteiger partial charge on any atom is 0.338 e. The number of urea groups is 1. The fraction of sp³-hybridized carbons (Fsp3) is 0.348. The first-order chi connectivity index (χ1) is 15.4. The molecule has 33 heavy (non-hydrogen) atoms. The maximum atomic E-state index is 13.2. The highest BCUT2D eigenvalue weighted by molar-refractivity contribution is 7.92. The number of para-hydroxylation sites is 1. The second-order valence-electron chi connectivity index (χ2n) is 8.72. The Morgan fingerprint density at radius 2 is 1.76 bits per heavy atom. The van der Waals surface area contributed by atoms with Crippen LogP contribution < -0.4 is 14.9 Å². The average Bonchev–Trinajstić information content (AvgIpc) is 3.17. The van der Waals surface area contributed by atoms with Gasteiger partial charge in [0.15, 0.2) is 6.10 Å². The molecule has 1 heterocycles. The lowest BCUT2D eigenvalue weighted by molar-refractivity contribution is -0.127. The van der Waals surface area contributed by atoms with Gasteiger partial charge in [0, 0.05) is 12.1 Å². The summed E-state index contributed by atoms with van der Waals surface area (Å²) in [4.78, 5) is 36.5. The summed E-state index contributed by atoms with van der Waals surface area (Å²) in [6.45, 7) is 6.89. The molecule has 2 aromatic carbocycles. The first-order valence-electron chi connectivity index (χ1n) is 10.4. The summed E-state index contributed by atoms with van der Waals surface area (Å²) in [6, 6.07) is 12.0. The van der Waals surface area contributed by atoms with Crippen molar-refractivity contribution in [3.8, 4) is 0 Å². The summed E-state index contributed by atoms with van der Waals surface area (Å²) >= 11 is 0. The molecule has 2 N–H and O–H groups in total. The number of nitrogens with one attached hydrogen (secondary N) is 2. The highest BCUT2D eigenvalue weighted by Crippen LogP contribution is 2.32. The van der Waals surface area contributed by atoms with E-state index >= 15 is 0 Å². The zero-order chi connectivity index (χ0) is 24.4. The zero-order valence-electron chi connectivity index (χ0n) is 18.9. The molecule has 1 aliphatic rings. The van der Waals surface area contributed by atoms with E-state index in [2.05, 4.69) is 10.6 Å². The van der Waals surface area contributed by atoms with Gasteiger partial charge in [-0.3, -0.25) is 14.4 Å². The number of hydrogen-bond acceptors (Lipinski definition) is 6. The van der Waals surface area contributed by atoms with Crippen molar-refractivity contribution in [1.29, 1.82) is 0 Å². The van der Waals surface area contributed by atoms with Gasteiger partial charge in [0.05, 0.1) is 16.1 Å². The van der Waals surface area contributed by atoms with Crippen LogP contribution in [0.2, 0.25) is 0 Å². The lowest BCUT2D eigenvalue weighted by atomic mass is 10.1. The van der Waals surface area contributed by atoms with E-state index < -0.39 is 39.6 Å². The van der Waals surface area contributed by atoms with Crippen molar-refractivity contribution in [3.05, 3.63) is 59.7 Å². The molecule has 9 nitrogen and oxygen atoms in total. The third-order valence-corrected chi connectivity index (χ3v) is 6.69. The number of anilines is 1. The number of rotatable bonds is 5. The van der Waals surface area contributed by atoms with Gasteiger partial charge in [-0.2, -0.15) is 0 Å². The van der Waals surface area contributed by atoms with Crippen LogP contribution in [0.4, 0.5) is 10.5 Å². The number of imide groups is 1. The van der Waals surface area contributed by atoms with Crippen LogP contribution in [0.3, 0.4) is 0 Å². The van der Waals surface area contributed by atoms with E-state index in [1.54, 1.807) is 32.9 Å². The Morgan fingerprint density at radius 3 is 2.45 bits per heavy atom. The van der Waals surface area contributed by atoms with Crippen LogP contribution in [0, 0.1) is 0 Å². The van der Waals surface area contributed by atoms with Gasteiger partial charge in [-0.05, 0) is 63.9 Å². The third kappa shape index (κ3) is 5.70. The minimum Gasteiger partial charge on any atom is -0.449 e. The quantitative estimate of drug-likeness (QED) is 0.644. The molecule has 0 fully saturated rings. The highest BCUT2D eigenvalue weighted by Gasteiger charge is 2.31. The molecule has 176 valence electrons. The molecule has 10 heteroatoms. The van der Waals surface area contributed by atoms with Crippen molar-refractivity contribution in [1.82, 2.24) is 10.6 Å². The normalized spacial score (nSPS) is 14.2. The van der Waals surface area contributed by atoms with Crippen LogP contribution in [-0.2, 0) is 26.0 Å². The molecule has 1 atom stereocenters. The first kappa shape index (κ1) is 24.2. The van der Waals surface area contributed by atoms with Crippen molar-refractivity contribution in [2.24, 2.45) is 0 Å². The van der Waals surface area contributed by atoms with Crippen LogP contribution in [0.15, 0.2) is 53.4 Å². The Morgan fingerprint density at radius 1 is 1.06 bits per heavy atom. The van der Waals surface area contributed by atoms with Gasteiger partial charge in [-0.1, -0.05) is 24.3 Å². The van der Waals surface area contributed by atoms with Crippen LogP contribution in [0.25, 0.3) is 0 Å². The number of ether oxygens (including phenoxy) is 1. The molecule has 3 amide bonds. The number of nitrogens with zero attached hydrogens (tertiary/aromatic N) is 1. The lowest BCUT2D eigenvalue weighted by Crippen LogP contribution is -2.50. The van der Waals surface area contributed by atoms with Crippen LogP contribution in [0.5, 0.6) is 0 Å². The molecule has 0 saturated carbocycles. The Bertz CT molecular complexity index is 1190. The number of amides is 3. The summed E-state index contributed by atoms with van der Waals surface area (Å²) in [7, 11) is -3.89. The van der Waals surface area contributed by atoms with Gasteiger partial charge >= 0.3 is 12.0 Å². The summed E-state index contributed by atoms with van der Waals surface area (Å²) in [5.74, 6) is -1.68. The van der Waals surface area contributed by atoms with Gasteiger partial charge < -0.3 is 10.1 Å². The number of benzene rings is 2. The number of carbonyl (C=O) groups excluding carboxylic acids is 3. The number of carbonyl (C=O) groups is 3. The predicted octanol–water partition coefficient (Wildman–Crippen LogP) is 2.61. The van der Waals surface area contributed by atoms with Crippen molar-refractivity contribution in [3.63, 3.8) is 0 Å². The van der Waals surface area contributed by atoms with E-state index in [0.29, 0.717) is 18.7 Å². The number of fused-ring (bicyclic) bond motifs is 1. The summed E-state index contributed by atoms with van der Waals surface area (Å²) in [5, 5.41) is 4.67. The predicted molar refractivity (Wildman–Crippen MR) is 122 cm³/mol. The van der Waals surface area contributed by atoms with E-state index in [0.717, 1.165) is 5.56 Å². The van der Waals surface area contributed by atoms with Crippen molar-refractivity contribution >= 4 is 33.6 Å². The van der Waals surface area contributed by atoms with Crippen LogP contribution in [0.1, 0.15) is 43.6 Å². The monoisotopic (exact) mass is 473 g/mol. The molecule has 3 rings (SSSR count). The maximum absolute atomic E-state index is 13.2. The van der Waals surface area contributed by atoms with E-state index in [1.165, 1.54) is 35.5 Å². The lowest BCUT2D eigenvalue weighted by Gasteiger charge is -2.21. The number of esters is 1. The average molecular weight is 474 g/mol. The van der Waals surface area contributed by atoms with Gasteiger partial charge in [0.25, 0.3) is 15.9 Å². The topological polar surface area (TPSA) is 122 Å². The second-order valence-corrected chi connectivity index (χ2v) is 10.6. The minimum absolute atomic E-state index is 0.0256. The van der Waals surface area contributed by atoms with Gasteiger partial charge in [0.1, 0.15) is 0 Å². The molecular weight excluding hydrogens is 446 g/mol. The Kier molecular flexibility index (Phi) is 6.78. The van der Waals surface area contributed by atoms with Gasteiger partial charge in [-0.15, -0.1) is 0 Å².